The fraction of sp³-hybridized carbons (Fsp3) is 0.316. The van der Waals surface area contributed by atoms with E-state index in [1.807, 2.05) is 6.20 Å². The molecule has 5 heteroatoms. The van der Waals surface area contributed by atoms with Gasteiger partial charge in [0.2, 0.25) is 0 Å². The lowest BCUT2D eigenvalue weighted by atomic mass is 10.1. The summed E-state index contributed by atoms with van der Waals surface area (Å²) in [5.74, 6) is -0.223. The topological polar surface area (TPSA) is 29.9 Å². The Kier molecular flexibility index (Phi) is 5.84. The molecule has 0 atom stereocenters. The van der Waals surface area contributed by atoms with Crippen molar-refractivity contribution >= 4 is 29.0 Å². The highest BCUT2D eigenvalue weighted by Gasteiger charge is 2.14. The predicted molar refractivity (Wildman–Crippen MR) is 100 cm³/mol. The van der Waals surface area contributed by atoms with Crippen molar-refractivity contribution in [2.24, 2.45) is 0 Å². The summed E-state index contributed by atoms with van der Waals surface area (Å²) in [5, 5.41) is 4.60. The molecule has 0 amide bonds. The van der Waals surface area contributed by atoms with Crippen LogP contribution in [0.3, 0.4) is 0 Å². The van der Waals surface area contributed by atoms with Crippen LogP contribution in [0.15, 0.2) is 36.5 Å². The Morgan fingerprint density at radius 3 is 2.50 bits per heavy atom. The van der Waals surface area contributed by atoms with Gasteiger partial charge in [0.05, 0.1) is 17.8 Å². The van der Waals surface area contributed by atoms with Gasteiger partial charge in [-0.1, -0.05) is 6.92 Å². The van der Waals surface area contributed by atoms with E-state index in [1.54, 1.807) is 12.1 Å². The van der Waals surface area contributed by atoms with Crippen molar-refractivity contribution in [2.75, 3.05) is 5.32 Å². The summed E-state index contributed by atoms with van der Waals surface area (Å²) in [5.41, 5.74) is 5.75. The highest BCUT2D eigenvalue weighted by atomic mass is 35.5. The molecule has 1 aromatic carbocycles. The SMILES string of the molecule is CCCn1c(C)c(C)c2ccnc(CNc3ccc(F)cc3)c21.Cl. The molecule has 24 heavy (non-hydrogen) atoms. The van der Waals surface area contributed by atoms with Crippen LogP contribution in [-0.2, 0) is 13.1 Å². The molecule has 1 N–H and O–H groups in total. The lowest BCUT2D eigenvalue weighted by Gasteiger charge is -2.11. The molecule has 0 aliphatic heterocycles. The molecule has 0 radical (unpaired) electrons. The Balaban J connectivity index is 0.00000208. The number of hydrogen-bond acceptors (Lipinski definition) is 2. The molecule has 3 aromatic rings. The van der Waals surface area contributed by atoms with E-state index in [-0.39, 0.29) is 18.2 Å². The third kappa shape index (κ3) is 3.39. The van der Waals surface area contributed by atoms with E-state index < -0.39 is 0 Å². The third-order valence-corrected chi connectivity index (χ3v) is 4.37. The first-order chi connectivity index (χ1) is 11.1. The monoisotopic (exact) mass is 347 g/mol. The van der Waals surface area contributed by atoms with E-state index >= 15 is 0 Å². The van der Waals surface area contributed by atoms with Crippen molar-refractivity contribution in [1.29, 1.82) is 0 Å². The number of benzene rings is 1. The zero-order valence-corrected chi connectivity index (χ0v) is 15.1. The smallest absolute Gasteiger partial charge is 0.123 e. The van der Waals surface area contributed by atoms with E-state index in [9.17, 15) is 4.39 Å². The first kappa shape index (κ1) is 18.3. The normalized spacial score (nSPS) is 10.7. The van der Waals surface area contributed by atoms with Crippen LogP contribution in [0.25, 0.3) is 10.9 Å². The number of halogens is 2. The minimum Gasteiger partial charge on any atom is -0.379 e. The number of anilines is 1. The van der Waals surface area contributed by atoms with Gasteiger partial charge >= 0.3 is 0 Å². The van der Waals surface area contributed by atoms with Gasteiger partial charge in [-0.25, -0.2) is 4.39 Å². The summed E-state index contributed by atoms with van der Waals surface area (Å²) in [4.78, 5) is 4.58. The number of fused-ring (bicyclic) bond motifs is 1. The molecular weight excluding hydrogens is 325 g/mol. The van der Waals surface area contributed by atoms with Gasteiger partial charge < -0.3 is 9.88 Å². The number of pyridine rings is 1. The molecule has 0 aliphatic rings. The van der Waals surface area contributed by atoms with Crippen LogP contribution in [0.1, 0.15) is 30.3 Å². The maximum Gasteiger partial charge on any atom is 0.123 e. The van der Waals surface area contributed by atoms with Crippen LogP contribution in [0.5, 0.6) is 0 Å². The third-order valence-electron chi connectivity index (χ3n) is 4.37. The van der Waals surface area contributed by atoms with E-state index in [4.69, 9.17) is 0 Å². The first-order valence-corrected chi connectivity index (χ1v) is 8.04. The van der Waals surface area contributed by atoms with Crippen LogP contribution in [0.4, 0.5) is 10.1 Å². The molecule has 0 spiro atoms. The van der Waals surface area contributed by atoms with E-state index in [0.717, 1.165) is 24.3 Å². The molecule has 0 unspecified atom stereocenters. The summed E-state index contributed by atoms with van der Waals surface area (Å²) in [6, 6.07) is 8.51. The van der Waals surface area contributed by atoms with Crippen LogP contribution in [0.2, 0.25) is 0 Å². The summed E-state index contributed by atoms with van der Waals surface area (Å²) < 4.78 is 15.4. The Labute approximate surface area is 148 Å². The molecule has 128 valence electrons. The molecular formula is C19H23ClFN3. The summed E-state index contributed by atoms with van der Waals surface area (Å²) in [6.45, 7) is 8.14. The van der Waals surface area contributed by atoms with Crippen molar-refractivity contribution in [2.45, 2.75) is 40.3 Å². The number of aryl methyl sites for hydroxylation is 2. The Bertz CT molecular complexity index is 825. The molecule has 3 rings (SSSR count). The molecule has 0 aliphatic carbocycles. The van der Waals surface area contributed by atoms with Gasteiger partial charge in [-0.05, 0) is 56.2 Å². The number of nitrogens with one attached hydrogen (secondary N) is 1. The minimum absolute atomic E-state index is 0. The fourth-order valence-corrected chi connectivity index (χ4v) is 3.05. The largest absolute Gasteiger partial charge is 0.379 e. The maximum atomic E-state index is 13.0. The highest BCUT2D eigenvalue weighted by molar-refractivity contribution is 5.87. The molecule has 0 fully saturated rings. The summed E-state index contributed by atoms with van der Waals surface area (Å²) in [7, 11) is 0. The lowest BCUT2D eigenvalue weighted by molar-refractivity contribution is 0.628. The molecule has 2 aromatic heterocycles. The second kappa shape index (κ2) is 7.67. The summed E-state index contributed by atoms with van der Waals surface area (Å²) >= 11 is 0. The van der Waals surface area contributed by atoms with Crippen molar-refractivity contribution in [1.82, 2.24) is 9.55 Å². The highest BCUT2D eigenvalue weighted by Crippen LogP contribution is 2.27. The average molecular weight is 348 g/mol. The van der Waals surface area contributed by atoms with Gasteiger partial charge in [0.15, 0.2) is 0 Å². The number of hydrogen-bond donors (Lipinski definition) is 1. The molecule has 2 heterocycles. The maximum absolute atomic E-state index is 13.0. The van der Waals surface area contributed by atoms with Crippen molar-refractivity contribution in [3.63, 3.8) is 0 Å². The Morgan fingerprint density at radius 2 is 1.83 bits per heavy atom. The summed E-state index contributed by atoms with van der Waals surface area (Å²) in [6.07, 6.45) is 2.95. The second-order valence-electron chi connectivity index (χ2n) is 5.88. The minimum atomic E-state index is -0.223. The first-order valence-electron chi connectivity index (χ1n) is 8.04. The zero-order valence-electron chi connectivity index (χ0n) is 14.3. The quantitative estimate of drug-likeness (QED) is 0.684. The zero-order chi connectivity index (χ0) is 16.4. The Hall–Kier alpha value is -2.07. The average Bonchev–Trinajstić information content (AvgIpc) is 2.80. The van der Waals surface area contributed by atoms with Crippen LogP contribution >= 0.6 is 12.4 Å². The Morgan fingerprint density at radius 1 is 1.12 bits per heavy atom. The van der Waals surface area contributed by atoms with Gasteiger partial charge in [-0.3, -0.25) is 4.98 Å². The number of aromatic nitrogens is 2. The standard InChI is InChI=1S/C19H22FN3.ClH/c1-4-11-23-14(3)13(2)17-9-10-21-18(19(17)23)12-22-16-7-5-15(20)6-8-16;/h5-10,22H,4,11-12H2,1-3H3;1H. The van der Waals surface area contributed by atoms with E-state index in [1.165, 1.54) is 34.3 Å². The van der Waals surface area contributed by atoms with Gasteiger partial charge in [0, 0.05) is 29.5 Å². The molecule has 0 saturated carbocycles. The van der Waals surface area contributed by atoms with Gasteiger partial charge in [-0.2, -0.15) is 0 Å². The van der Waals surface area contributed by atoms with E-state index in [2.05, 4.69) is 41.7 Å². The van der Waals surface area contributed by atoms with E-state index in [0.29, 0.717) is 6.54 Å². The van der Waals surface area contributed by atoms with Gasteiger partial charge in [0.1, 0.15) is 5.82 Å². The molecule has 0 bridgehead atoms. The van der Waals surface area contributed by atoms with Crippen LogP contribution < -0.4 is 5.32 Å². The number of rotatable bonds is 5. The molecule has 3 nitrogen and oxygen atoms in total. The van der Waals surface area contributed by atoms with Gasteiger partial charge in [0.25, 0.3) is 0 Å². The van der Waals surface area contributed by atoms with Crippen molar-refractivity contribution < 1.29 is 4.39 Å². The molecule has 0 saturated heterocycles. The van der Waals surface area contributed by atoms with Gasteiger partial charge in [-0.15, -0.1) is 12.4 Å². The van der Waals surface area contributed by atoms with Crippen LogP contribution in [0, 0.1) is 19.7 Å². The number of nitrogens with zero attached hydrogens (tertiary/aromatic N) is 2. The predicted octanol–water partition coefficient (Wildman–Crippen LogP) is 5.24. The lowest BCUT2D eigenvalue weighted by Crippen LogP contribution is -2.06. The van der Waals surface area contributed by atoms with Crippen molar-refractivity contribution in [3.05, 3.63) is 59.3 Å². The van der Waals surface area contributed by atoms with Crippen molar-refractivity contribution in [3.8, 4) is 0 Å². The second-order valence-corrected chi connectivity index (χ2v) is 5.88. The van der Waals surface area contributed by atoms with Crippen LogP contribution in [-0.4, -0.2) is 9.55 Å². The fourth-order valence-electron chi connectivity index (χ4n) is 3.05.